The van der Waals surface area contributed by atoms with Crippen LogP contribution in [0, 0.1) is 0 Å². The maximum Gasteiger partial charge on any atom is 0.262 e. The lowest BCUT2D eigenvalue weighted by molar-refractivity contribution is -0.118. The van der Waals surface area contributed by atoms with E-state index >= 15 is 0 Å². The van der Waals surface area contributed by atoms with Crippen LogP contribution in [0.4, 0.5) is 5.69 Å². The number of nitrogens with one attached hydrogen (secondary N) is 2. The van der Waals surface area contributed by atoms with E-state index in [0.717, 1.165) is 18.6 Å². The van der Waals surface area contributed by atoms with Crippen molar-refractivity contribution in [3.05, 3.63) is 47.9 Å². The van der Waals surface area contributed by atoms with Gasteiger partial charge in [-0.1, -0.05) is 6.07 Å². The number of hydrogen-bond donors (Lipinski definition) is 2. The van der Waals surface area contributed by atoms with Gasteiger partial charge in [-0.25, -0.2) is 0 Å². The lowest BCUT2D eigenvalue weighted by Gasteiger charge is -2.21. The average molecular weight is 314 g/mol. The van der Waals surface area contributed by atoms with Gasteiger partial charge in [0.1, 0.15) is 5.76 Å². The molecule has 1 aromatic heterocycles. The van der Waals surface area contributed by atoms with Crippen LogP contribution in [0.15, 0.2) is 41.0 Å². The first-order valence-corrected chi connectivity index (χ1v) is 7.52. The number of rotatable bonds is 5. The normalized spacial score (nSPS) is 14.4. The Balaban J connectivity index is 1.64. The largest absolute Gasteiger partial charge is 0.481 e. The molecule has 0 spiro atoms. The summed E-state index contributed by atoms with van der Waals surface area (Å²) in [7, 11) is 0. The minimum atomic E-state index is -0.220. The van der Waals surface area contributed by atoms with Gasteiger partial charge in [0, 0.05) is 12.5 Å². The van der Waals surface area contributed by atoms with E-state index < -0.39 is 0 Å². The number of aryl methyl sites for hydroxylation is 1. The van der Waals surface area contributed by atoms with Crippen molar-refractivity contribution in [1.29, 1.82) is 0 Å². The van der Waals surface area contributed by atoms with E-state index in [1.807, 2.05) is 19.1 Å². The van der Waals surface area contributed by atoms with Gasteiger partial charge in [-0.05, 0) is 37.6 Å². The monoisotopic (exact) mass is 314 g/mol. The Morgan fingerprint density at radius 2 is 2.22 bits per heavy atom. The molecule has 0 saturated carbocycles. The van der Waals surface area contributed by atoms with Crippen LogP contribution in [0.1, 0.15) is 29.5 Å². The maximum absolute atomic E-state index is 12.4. The molecule has 0 radical (unpaired) electrons. The Kier molecular flexibility index (Phi) is 4.32. The number of carbonyl (C=O) groups excluding carboxylic acids is 2. The summed E-state index contributed by atoms with van der Waals surface area (Å²) in [6, 6.07) is 8.87. The molecule has 120 valence electrons. The Morgan fingerprint density at radius 1 is 1.35 bits per heavy atom. The summed E-state index contributed by atoms with van der Waals surface area (Å²) >= 11 is 0. The van der Waals surface area contributed by atoms with Crippen molar-refractivity contribution in [3.63, 3.8) is 0 Å². The van der Waals surface area contributed by atoms with E-state index in [0.29, 0.717) is 17.0 Å². The lowest BCUT2D eigenvalue weighted by atomic mass is 10.1. The van der Waals surface area contributed by atoms with E-state index in [1.165, 1.54) is 0 Å². The van der Waals surface area contributed by atoms with Crippen molar-refractivity contribution in [2.75, 3.05) is 11.9 Å². The second-order valence-electron chi connectivity index (χ2n) is 5.51. The highest BCUT2D eigenvalue weighted by molar-refractivity contribution is 6.03. The number of para-hydroxylation sites is 1. The Bertz CT molecular complexity index is 709. The fourth-order valence-electron chi connectivity index (χ4n) is 2.48. The fourth-order valence-corrected chi connectivity index (χ4v) is 2.48. The number of carbonyl (C=O) groups is 2. The van der Waals surface area contributed by atoms with Crippen molar-refractivity contribution in [3.8, 4) is 5.75 Å². The van der Waals surface area contributed by atoms with Crippen molar-refractivity contribution < 1.29 is 18.7 Å². The lowest BCUT2D eigenvalue weighted by Crippen LogP contribution is -2.34. The second-order valence-corrected chi connectivity index (χ2v) is 5.51. The van der Waals surface area contributed by atoms with Crippen LogP contribution in [-0.4, -0.2) is 24.5 Å². The van der Waals surface area contributed by atoms with Gasteiger partial charge in [-0.3, -0.25) is 9.59 Å². The summed E-state index contributed by atoms with van der Waals surface area (Å²) in [5.41, 5.74) is 0.949. The predicted octanol–water partition coefficient (Wildman–Crippen LogP) is 2.36. The van der Waals surface area contributed by atoms with Crippen molar-refractivity contribution in [2.24, 2.45) is 0 Å². The molecule has 0 bridgehead atoms. The van der Waals surface area contributed by atoms with E-state index in [9.17, 15) is 9.59 Å². The van der Waals surface area contributed by atoms with Gasteiger partial charge in [0.2, 0.25) is 0 Å². The smallest absolute Gasteiger partial charge is 0.262 e. The first-order valence-electron chi connectivity index (χ1n) is 7.52. The minimum absolute atomic E-state index is 0.0124. The highest BCUT2D eigenvalue weighted by Crippen LogP contribution is 2.31. The number of benzene rings is 1. The molecule has 0 aliphatic carbocycles. The molecule has 1 aliphatic rings. The third-order valence-corrected chi connectivity index (χ3v) is 3.66. The molecule has 1 aliphatic heterocycles. The summed E-state index contributed by atoms with van der Waals surface area (Å²) in [4.78, 5) is 23.8. The summed E-state index contributed by atoms with van der Waals surface area (Å²) < 4.78 is 10.7. The van der Waals surface area contributed by atoms with E-state index in [1.54, 1.807) is 24.5 Å². The van der Waals surface area contributed by atoms with Crippen molar-refractivity contribution in [2.45, 2.75) is 25.8 Å². The van der Waals surface area contributed by atoms with Crippen LogP contribution in [0.5, 0.6) is 5.75 Å². The first kappa shape index (κ1) is 15.1. The SMILES string of the molecule is C[C@H](CCc1ccco1)NC(=O)c1cccc2c1OCC(=O)N2. The van der Waals surface area contributed by atoms with Gasteiger partial charge in [0.05, 0.1) is 17.5 Å². The fraction of sp³-hybridized carbons (Fsp3) is 0.294. The molecular formula is C17H18N2O4. The quantitative estimate of drug-likeness (QED) is 0.888. The number of fused-ring (bicyclic) bond motifs is 1. The molecule has 0 saturated heterocycles. The highest BCUT2D eigenvalue weighted by atomic mass is 16.5. The summed E-state index contributed by atoms with van der Waals surface area (Å²) in [5.74, 6) is 0.879. The van der Waals surface area contributed by atoms with Crippen LogP contribution < -0.4 is 15.4 Å². The van der Waals surface area contributed by atoms with Crippen LogP contribution in [0.2, 0.25) is 0 Å². The van der Waals surface area contributed by atoms with E-state index in [-0.39, 0.29) is 24.5 Å². The molecular weight excluding hydrogens is 296 g/mol. The van der Waals surface area contributed by atoms with Crippen molar-refractivity contribution >= 4 is 17.5 Å². The minimum Gasteiger partial charge on any atom is -0.481 e. The molecule has 1 atom stereocenters. The molecule has 2 N–H and O–H groups in total. The van der Waals surface area contributed by atoms with Gasteiger partial charge >= 0.3 is 0 Å². The van der Waals surface area contributed by atoms with Gasteiger partial charge in [0.15, 0.2) is 12.4 Å². The standard InChI is InChI=1S/C17H18N2O4/c1-11(7-8-12-4-3-9-22-12)18-17(21)13-5-2-6-14-16(13)23-10-15(20)19-14/h2-6,9,11H,7-8,10H2,1H3,(H,18,21)(H,19,20)/t11-/m1/s1. The van der Waals surface area contributed by atoms with E-state index in [2.05, 4.69) is 10.6 Å². The van der Waals surface area contributed by atoms with Crippen LogP contribution >= 0.6 is 0 Å². The molecule has 6 nitrogen and oxygen atoms in total. The molecule has 3 rings (SSSR count). The van der Waals surface area contributed by atoms with Gasteiger partial charge in [0.25, 0.3) is 11.8 Å². The number of hydrogen-bond acceptors (Lipinski definition) is 4. The zero-order chi connectivity index (χ0) is 16.2. The zero-order valence-corrected chi connectivity index (χ0v) is 12.8. The molecule has 0 unspecified atom stereocenters. The maximum atomic E-state index is 12.4. The van der Waals surface area contributed by atoms with Crippen LogP contribution in [-0.2, 0) is 11.2 Å². The third-order valence-electron chi connectivity index (χ3n) is 3.66. The molecule has 6 heteroatoms. The predicted molar refractivity (Wildman–Crippen MR) is 84.5 cm³/mol. The van der Waals surface area contributed by atoms with Gasteiger partial charge < -0.3 is 19.8 Å². The zero-order valence-electron chi connectivity index (χ0n) is 12.8. The molecule has 23 heavy (non-hydrogen) atoms. The topological polar surface area (TPSA) is 80.6 Å². The Morgan fingerprint density at radius 3 is 3.00 bits per heavy atom. The molecule has 1 aromatic carbocycles. The van der Waals surface area contributed by atoms with Gasteiger partial charge in [-0.2, -0.15) is 0 Å². The summed E-state index contributed by atoms with van der Waals surface area (Å²) in [6.07, 6.45) is 3.17. The number of ether oxygens (including phenoxy) is 1. The number of furan rings is 1. The first-order chi connectivity index (χ1) is 11.1. The van der Waals surface area contributed by atoms with Crippen LogP contribution in [0.25, 0.3) is 0 Å². The number of anilines is 1. The Hall–Kier alpha value is -2.76. The molecule has 0 fully saturated rings. The van der Waals surface area contributed by atoms with Gasteiger partial charge in [-0.15, -0.1) is 0 Å². The second kappa shape index (κ2) is 6.56. The highest BCUT2D eigenvalue weighted by Gasteiger charge is 2.23. The average Bonchev–Trinajstić information content (AvgIpc) is 3.05. The molecule has 2 amide bonds. The summed E-state index contributed by atoms with van der Waals surface area (Å²) in [5, 5.41) is 5.64. The molecule has 2 heterocycles. The molecule has 2 aromatic rings. The third kappa shape index (κ3) is 3.53. The van der Waals surface area contributed by atoms with E-state index in [4.69, 9.17) is 9.15 Å². The Labute approximate surface area is 133 Å². The number of amides is 2. The van der Waals surface area contributed by atoms with Crippen LogP contribution in [0.3, 0.4) is 0 Å². The van der Waals surface area contributed by atoms with Crippen molar-refractivity contribution in [1.82, 2.24) is 5.32 Å². The summed E-state index contributed by atoms with van der Waals surface area (Å²) in [6.45, 7) is 1.87.